The monoisotopic (exact) mass is 504 g/mol. The van der Waals surface area contributed by atoms with Crippen molar-refractivity contribution in [3.05, 3.63) is 112 Å². The van der Waals surface area contributed by atoms with Crippen LogP contribution in [0.25, 0.3) is 11.1 Å². The summed E-state index contributed by atoms with van der Waals surface area (Å²) in [6, 6.07) is 18.0. The summed E-state index contributed by atoms with van der Waals surface area (Å²) >= 11 is 0. The number of phenols is 1. The first kappa shape index (κ1) is 24.9. The van der Waals surface area contributed by atoms with Gasteiger partial charge in [0.1, 0.15) is 5.82 Å². The normalized spacial score (nSPS) is 11.4. The molecule has 2 amide bonds. The quantitative estimate of drug-likeness (QED) is 0.206. The molecule has 1 heterocycles. The van der Waals surface area contributed by atoms with Crippen LogP contribution in [0.15, 0.2) is 83.5 Å². The van der Waals surface area contributed by atoms with Crippen molar-refractivity contribution >= 4 is 23.2 Å². The van der Waals surface area contributed by atoms with Gasteiger partial charge in [0.2, 0.25) is 5.76 Å². The van der Waals surface area contributed by atoms with Gasteiger partial charge in [-0.3, -0.25) is 30.6 Å². The molecule has 4 N–H and O–H groups in total. The molecule has 0 aliphatic rings. The van der Waals surface area contributed by atoms with Crippen LogP contribution >= 0.6 is 0 Å². The Morgan fingerprint density at radius 2 is 1.73 bits per heavy atom. The van der Waals surface area contributed by atoms with E-state index in [2.05, 4.69) is 16.2 Å². The molecule has 0 saturated heterocycles. The Bertz CT molecular complexity index is 1470. The van der Waals surface area contributed by atoms with Crippen molar-refractivity contribution < 1.29 is 28.4 Å². The summed E-state index contributed by atoms with van der Waals surface area (Å²) in [7, 11) is 0. The van der Waals surface area contributed by atoms with Crippen molar-refractivity contribution in [3.63, 3.8) is 0 Å². The lowest BCUT2D eigenvalue weighted by Gasteiger charge is -2.16. The number of nitrogens with one attached hydrogen (secondary N) is 3. The predicted molar refractivity (Wildman–Crippen MR) is 132 cm³/mol. The first-order valence-electron chi connectivity index (χ1n) is 11.0. The summed E-state index contributed by atoms with van der Waals surface area (Å²) in [5.41, 5.74) is 6.33. The Labute approximate surface area is 209 Å². The van der Waals surface area contributed by atoms with E-state index in [-0.39, 0.29) is 23.2 Å². The zero-order chi connectivity index (χ0) is 26.5. The van der Waals surface area contributed by atoms with E-state index in [0.717, 1.165) is 17.7 Å². The highest BCUT2D eigenvalue weighted by molar-refractivity contribution is 6.01. The van der Waals surface area contributed by atoms with E-state index >= 15 is 0 Å². The molecule has 37 heavy (non-hydrogen) atoms. The lowest BCUT2D eigenvalue weighted by atomic mass is 10.0. The molecule has 0 spiro atoms. The highest BCUT2D eigenvalue weighted by Gasteiger charge is 2.20. The largest absolute Gasteiger partial charge is 0.502 e. The van der Waals surface area contributed by atoms with Crippen LogP contribution in [-0.4, -0.2) is 21.8 Å². The number of nitro benzene ring substituents is 1. The van der Waals surface area contributed by atoms with Gasteiger partial charge in [-0.2, -0.15) is 0 Å². The summed E-state index contributed by atoms with van der Waals surface area (Å²) in [4.78, 5) is 35.1. The molecule has 0 aliphatic carbocycles. The highest BCUT2D eigenvalue weighted by Crippen LogP contribution is 2.28. The molecule has 4 aromatic rings. The van der Waals surface area contributed by atoms with Crippen molar-refractivity contribution in [3.8, 4) is 16.9 Å². The van der Waals surface area contributed by atoms with Gasteiger partial charge in [0.15, 0.2) is 5.75 Å². The molecule has 188 valence electrons. The molecule has 1 aromatic heterocycles. The number of rotatable bonds is 7. The lowest BCUT2D eigenvalue weighted by Crippen LogP contribution is -2.41. The van der Waals surface area contributed by atoms with Crippen LogP contribution < -0.4 is 16.2 Å². The fourth-order valence-corrected chi connectivity index (χ4v) is 3.63. The van der Waals surface area contributed by atoms with Gasteiger partial charge in [-0.15, -0.1) is 0 Å². The minimum Gasteiger partial charge on any atom is -0.502 e. The van der Waals surface area contributed by atoms with Crippen molar-refractivity contribution in [1.29, 1.82) is 0 Å². The van der Waals surface area contributed by atoms with Crippen LogP contribution in [0.3, 0.4) is 0 Å². The molecule has 0 fully saturated rings. The zero-order valence-corrected chi connectivity index (χ0v) is 19.4. The van der Waals surface area contributed by atoms with Crippen LogP contribution in [0.1, 0.15) is 39.4 Å². The molecule has 0 aliphatic heterocycles. The Hall–Kier alpha value is -5.19. The number of benzene rings is 3. The van der Waals surface area contributed by atoms with Gasteiger partial charge in [-0.05, 0) is 54.4 Å². The van der Waals surface area contributed by atoms with Crippen LogP contribution in [0.2, 0.25) is 0 Å². The van der Waals surface area contributed by atoms with E-state index < -0.39 is 28.2 Å². The lowest BCUT2D eigenvalue weighted by molar-refractivity contribution is -0.385. The third-order valence-corrected chi connectivity index (χ3v) is 5.52. The van der Waals surface area contributed by atoms with E-state index in [1.807, 2.05) is 19.1 Å². The first-order valence-corrected chi connectivity index (χ1v) is 11.0. The van der Waals surface area contributed by atoms with Crippen molar-refractivity contribution in [2.24, 2.45) is 0 Å². The maximum absolute atomic E-state index is 13.4. The molecule has 0 bridgehead atoms. The van der Waals surface area contributed by atoms with Gasteiger partial charge >= 0.3 is 11.6 Å². The number of amides is 2. The Balaban J connectivity index is 1.42. The molecule has 3 aromatic carbocycles. The molecule has 0 saturated carbocycles. The van der Waals surface area contributed by atoms with Gasteiger partial charge in [0.05, 0.1) is 11.2 Å². The standard InChI is InChI=1S/C26H21FN4O6/c1-15(28-20-4-2-3-19(27)14-20)16-5-7-17(8-6-16)21-11-12-37-24(21)26(34)30-29-25(33)18-9-10-23(32)22(13-18)31(35)36/h2-15,28,32H,1H3,(H,29,33)(H,30,34). The molecule has 1 unspecified atom stereocenters. The van der Waals surface area contributed by atoms with E-state index in [4.69, 9.17) is 4.42 Å². The van der Waals surface area contributed by atoms with E-state index in [9.17, 15) is 29.2 Å². The third-order valence-electron chi connectivity index (χ3n) is 5.52. The molecular weight excluding hydrogens is 483 g/mol. The van der Waals surface area contributed by atoms with Crippen LogP contribution in [0.4, 0.5) is 15.8 Å². The zero-order valence-electron chi connectivity index (χ0n) is 19.4. The first-order chi connectivity index (χ1) is 17.7. The van der Waals surface area contributed by atoms with Crippen molar-refractivity contribution in [1.82, 2.24) is 10.9 Å². The number of anilines is 1. The van der Waals surface area contributed by atoms with E-state index in [1.165, 1.54) is 24.5 Å². The minimum atomic E-state index is -0.830. The third kappa shape index (κ3) is 5.73. The van der Waals surface area contributed by atoms with Crippen molar-refractivity contribution in [2.45, 2.75) is 13.0 Å². The average molecular weight is 504 g/mol. The highest BCUT2D eigenvalue weighted by atomic mass is 19.1. The van der Waals surface area contributed by atoms with E-state index in [1.54, 1.807) is 30.3 Å². The number of hydrazine groups is 1. The molecular formula is C26H21FN4O6. The number of carbonyl (C=O) groups excluding carboxylic acids is 2. The summed E-state index contributed by atoms with van der Waals surface area (Å²) < 4.78 is 18.8. The Morgan fingerprint density at radius 1 is 1.00 bits per heavy atom. The maximum atomic E-state index is 13.4. The SMILES string of the molecule is CC(Nc1cccc(F)c1)c1ccc(-c2ccoc2C(=O)NNC(=O)c2ccc(O)c([N+](=O)[O-])c2)cc1. The summed E-state index contributed by atoms with van der Waals surface area (Å²) in [6.45, 7) is 1.93. The predicted octanol–water partition coefficient (Wildman–Crippen LogP) is 4.95. The molecule has 1 atom stereocenters. The Morgan fingerprint density at radius 3 is 2.43 bits per heavy atom. The summed E-state index contributed by atoms with van der Waals surface area (Å²) in [6.07, 6.45) is 1.33. The number of furan rings is 1. The topological polar surface area (TPSA) is 147 Å². The number of carbonyl (C=O) groups is 2. The van der Waals surface area contributed by atoms with Gasteiger partial charge in [0, 0.05) is 28.9 Å². The molecule has 4 rings (SSSR count). The van der Waals surface area contributed by atoms with Gasteiger partial charge in [0.25, 0.3) is 5.91 Å². The number of hydrogen-bond donors (Lipinski definition) is 4. The molecule has 0 radical (unpaired) electrons. The van der Waals surface area contributed by atoms with Crippen LogP contribution in [0.5, 0.6) is 5.75 Å². The second kappa shape index (κ2) is 10.6. The minimum absolute atomic E-state index is 0.0596. The number of nitrogens with zero attached hydrogens (tertiary/aromatic N) is 1. The Kier molecular flexibility index (Phi) is 7.14. The number of nitro groups is 1. The second-order valence-corrected chi connectivity index (χ2v) is 8.03. The van der Waals surface area contributed by atoms with Crippen LogP contribution in [-0.2, 0) is 0 Å². The average Bonchev–Trinajstić information content (AvgIpc) is 3.37. The second-order valence-electron chi connectivity index (χ2n) is 8.03. The van der Waals surface area contributed by atoms with Gasteiger partial charge in [-0.25, -0.2) is 4.39 Å². The fourth-order valence-electron chi connectivity index (χ4n) is 3.63. The molecule has 10 nitrogen and oxygen atoms in total. The number of hydrogen-bond acceptors (Lipinski definition) is 7. The number of halogens is 1. The smallest absolute Gasteiger partial charge is 0.311 e. The maximum Gasteiger partial charge on any atom is 0.311 e. The van der Waals surface area contributed by atoms with Gasteiger partial charge in [-0.1, -0.05) is 30.3 Å². The molecule has 11 heteroatoms. The van der Waals surface area contributed by atoms with Crippen molar-refractivity contribution in [2.75, 3.05) is 5.32 Å². The van der Waals surface area contributed by atoms with Gasteiger partial charge < -0.3 is 14.8 Å². The fraction of sp³-hybridized carbons (Fsp3) is 0.0769. The number of phenolic OH excluding ortho intramolecular Hbond substituents is 1. The van der Waals surface area contributed by atoms with Crippen LogP contribution in [0, 0.1) is 15.9 Å². The summed E-state index contributed by atoms with van der Waals surface area (Å²) in [5.74, 6) is -2.55. The summed E-state index contributed by atoms with van der Waals surface area (Å²) in [5, 5.41) is 23.7. The van der Waals surface area contributed by atoms with E-state index in [0.29, 0.717) is 16.8 Å². The number of aromatic hydroxyl groups is 1.